The van der Waals surface area contributed by atoms with Gasteiger partial charge in [-0.2, -0.15) is 5.10 Å². The minimum absolute atomic E-state index is 0.152. The molecular weight excluding hydrogens is 514 g/mol. The van der Waals surface area contributed by atoms with Crippen LogP contribution in [-0.2, 0) is 7.05 Å². The molecule has 1 atom stereocenters. The summed E-state index contributed by atoms with van der Waals surface area (Å²) in [4.78, 5) is 19.2. The van der Waals surface area contributed by atoms with E-state index in [4.69, 9.17) is 10.1 Å². The summed E-state index contributed by atoms with van der Waals surface area (Å²) in [6, 6.07) is 28.5. The molecule has 1 aliphatic rings. The molecule has 6 rings (SSSR count). The van der Waals surface area contributed by atoms with E-state index in [1.807, 2.05) is 65.9 Å². The second-order valence-electron chi connectivity index (χ2n) is 9.99. The molecule has 40 heavy (non-hydrogen) atoms. The number of hydrogen-bond donors (Lipinski definition) is 0. The maximum absolute atomic E-state index is 13.6. The van der Waals surface area contributed by atoms with Crippen LogP contribution in [0.3, 0.4) is 0 Å². The van der Waals surface area contributed by atoms with Crippen molar-refractivity contribution in [3.8, 4) is 28.1 Å². The van der Waals surface area contributed by atoms with Gasteiger partial charge < -0.3 is 0 Å². The first-order valence-electron chi connectivity index (χ1n) is 13.5. The normalized spacial score (nSPS) is 15.8. The molecule has 0 radical (unpaired) electrons. The van der Waals surface area contributed by atoms with Crippen molar-refractivity contribution >= 4 is 23.2 Å². The lowest BCUT2D eigenvalue weighted by Gasteiger charge is -2.12. The largest absolute Gasteiger partial charge is 0.297 e. The van der Waals surface area contributed by atoms with Crippen LogP contribution in [0.25, 0.3) is 28.1 Å². The molecule has 0 bridgehead atoms. The topological polar surface area (TPSA) is 56.6 Å². The van der Waals surface area contributed by atoms with Gasteiger partial charge >= 0.3 is 0 Å². The van der Waals surface area contributed by atoms with Gasteiger partial charge in [-0.05, 0) is 55.4 Å². The molecule has 1 aliphatic carbocycles. The van der Waals surface area contributed by atoms with Gasteiger partial charge in [0, 0.05) is 24.2 Å². The van der Waals surface area contributed by atoms with E-state index in [0.29, 0.717) is 16.4 Å². The van der Waals surface area contributed by atoms with Crippen LogP contribution < -0.4 is 10.4 Å². The highest BCUT2D eigenvalue weighted by Gasteiger charge is 2.17. The van der Waals surface area contributed by atoms with Crippen LogP contribution in [0.4, 0.5) is 5.69 Å². The first kappa shape index (κ1) is 25.8. The Morgan fingerprint density at radius 3 is 2.25 bits per heavy atom. The van der Waals surface area contributed by atoms with E-state index in [9.17, 15) is 4.79 Å². The number of aromatic nitrogens is 3. The molecule has 1 unspecified atom stereocenters. The molecule has 0 spiro atoms. The minimum Gasteiger partial charge on any atom is -0.283 e. The fraction of sp³-hybridized carbons (Fsp3) is 0.182. The van der Waals surface area contributed by atoms with Crippen molar-refractivity contribution in [2.75, 3.05) is 0 Å². The van der Waals surface area contributed by atoms with Crippen LogP contribution >= 0.6 is 11.3 Å². The second-order valence-corrected chi connectivity index (χ2v) is 10.8. The van der Waals surface area contributed by atoms with E-state index in [-0.39, 0.29) is 5.56 Å². The molecule has 0 saturated carbocycles. The van der Waals surface area contributed by atoms with E-state index in [1.165, 1.54) is 16.9 Å². The van der Waals surface area contributed by atoms with Crippen LogP contribution in [0.15, 0.2) is 117 Å². The second kappa shape index (κ2) is 11.3. The lowest BCUT2D eigenvalue weighted by Crippen LogP contribution is -2.20. The zero-order valence-electron chi connectivity index (χ0n) is 22.6. The highest BCUT2D eigenvalue weighted by molar-refractivity contribution is 7.07. The van der Waals surface area contributed by atoms with Crippen molar-refractivity contribution in [1.82, 2.24) is 14.0 Å². The maximum atomic E-state index is 13.6. The molecule has 0 saturated heterocycles. The fourth-order valence-electron chi connectivity index (χ4n) is 5.04. The average Bonchev–Trinajstić information content (AvgIpc) is 3.51. The summed E-state index contributed by atoms with van der Waals surface area (Å²) in [7, 11) is 1.89. The van der Waals surface area contributed by atoms with Gasteiger partial charge in [-0.25, -0.2) is 14.4 Å². The molecule has 2 heterocycles. The number of thiazole rings is 1. The van der Waals surface area contributed by atoms with Crippen LogP contribution in [0.5, 0.6) is 0 Å². The Morgan fingerprint density at radius 2 is 1.55 bits per heavy atom. The summed E-state index contributed by atoms with van der Waals surface area (Å²) >= 11 is 1.49. The van der Waals surface area contributed by atoms with Gasteiger partial charge in [0.1, 0.15) is 0 Å². The zero-order valence-corrected chi connectivity index (χ0v) is 23.5. The first-order valence-corrected chi connectivity index (χ1v) is 14.4. The summed E-state index contributed by atoms with van der Waals surface area (Å²) in [6.07, 6.45) is 9.64. The molecule has 7 heteroatoms. The molecule has 0 N–H and O–H groups in total. The van der Waals surface area contributed by atoms with Gasteiger partial charge in [0.05, 0.1) is 17.1 Å². The zero-order chi connectivity index (χ0) is 27.5. The van der Waals surface area contributed by atoms with Gasteiger partial charge in [0.2, 0.25) is 4.80 Å². The summed E-state index contributed by atoms with van der Waals surface area (Å²) < 4.78 is 5.40. The van der Waals surface area contributed by atoms with E-state index >= 15 is 0 Å². The third-order valence-electron chi connectivity index (χ3n) is 7.41. The molecule has 0 aliphatic heterocycles. The average molecular weight is 546 g/mol. The highest BCUT2D eigenvalue weighted by Crippen LogP contribution is 2.26. The molecule has 3 aromatic carbocycles. The number of para-hydroxylation sites is 1. The Labute approximate surface area is 237 Å². The van der Waals surface area contributed by atoms with Gasteiger partial charge in [0.25, 0.3) is 5.56 Å². The Morgan fingerprint density at radius 1 is 0.875 bits per heavy atom. The quantitative estimate of drug-likeness (QED) is 0.166. The SMILES string of the molecule is Cc1c(N=c2scc(-c3ccc(-c4ccccc4)cc3)n2N=CC2CC=CCC2)c(=O)n(-c2ccccc2)n1C. The molecule has 200 valence electrons. The van der Waals surface area contributed by atoms with Gasteiger partial charge in [0.15, 0.2) is 5.69 Å². The van der Waals surface area contributed by atoms with E-state index in [0.717, 1.165) is 47.5 Å². The van der Waals surface area contributed by atoms with E-state index in [1.54, 1.807) is 4.68 Å². The van der Waals surface area contributed by atoms with Crippen molar-refractivity contribution in [2.45, 2.75) is 26.2 Å². The standard InChI is InChI=1S/C33H31N5OS/c1-24-31(32(39)38(36(24)2)29-16-10-5-11-17-29)35-33-37(34-22-25-12-6-3-7-13-25)30(23-40-33)28-20-18-27(19-21-28)26-14-8-4-9-15-26/h3-6,8-11,14-23,25H,7,12-13H2,1-2H3. The number of hydrogen-bond acceptors (Lipinski definition) is 4. The third-order valence-corrected chi connectivity index (χ3v) is 8.22. The van der Waals surface area contributed by atoms with Crippen LogP contribution in [0, 0.1) is 12.8 Å². The predicted molar refractivity (Wildman–Crippen MR) is 165 cm³/mol. The summed E-state index contributed by atoms with van der Waals surface area (Å²) in [5.74, 6) is 0.382. The van der Waals surface area contributed by atoms with Gasteiger partial charge in [-0.15, -0.1) is 11.3 Å². The van der Waals surface area contributed by atoms with Crippen molar-refractivity contribution < 1.29 is 0 Å². The Kier molecular flexibility index (Phi) is 7.29. The van der Waals surface area contributed by atoms with Crippen LogP contribution in [-0.4, -0.2) is 20.3 Å². The molecule has 0 amide bonds. The van der Waals surface area contributed by atoms with Crippen LogP contribution in [0.2, 0.25) is 0 Å². The molecule has 5 aromatic rings. The lowest BCUT2D eigenvalue weighted by molar-refractivity contribution is 0.622. The molecule has 6 nitrogen and oxygen atoms in total. The fourth-order valence-corrected chi connectivity index (χ4v) is 5.89. The van der Waals surface area contributed by atoms with Gasteiger partial charge in [-0.3, -0.25) is 9.48 Å². The monoisotopic (exact) mass is 545 g/mol. The van der Waals surface area contributed by atoms with Gasteiger partial charge in [-0.1, -0.05) is 84.9 Å². The summed E-state index contributed by atoms with van der Waals surface area (Å²) in [6.45, 7) is 1.93. The third kappa shape index (κ3) is 5.08. The number of benzene rings is 3. The van der Waals surface area contributed by atoms with Crippen molar-refractivity contribution in [1.29, 1.82) is 0 Å². The van der Waals surface area contributed by atoms with E-state index in [2.05, 4.69) is 66.1 Å². The number of allylic oxidation sites excluding steroid dienone is 2. The summed E-state index contributed by atoms with van der Waals surface area (Å²) in [5.41, 5.74) is 6.21. The lowest BCUT2D eigenvalue weighted by atomic mass is 9.96. The van der Waals surface area contributed by atoms with Crippen molar-refractivity contribution in [3.63, 3.8) is 0 Å². The highest BCUT2D eigenvalue weighted by atomic mass is 32.1. The number of nitrogens with zero attached hydrogens (tertiary/aromatic N) is 5. The summed E-state index contributed by atoms with van der Waals surface area (Å²) in [5, 5.41) is 7.02. The maximum Gasteiger partial charge on any atom is 0.297 e. The van der Waals surface area contributed by atoms with E-state index < -0.39 is 0 Å². The minimum atomic E-state index is -0.152. The Hall–Kier alpha value is -4.49. The molecule has 2 aromatic heterocycles. The van der Waals surface area contributed by atoms with Crippen molar-refractivity contribution in [2.24, 2.45) is 23.1 Å². The molecular formula is C33H31N5OS. The smallest absolute Gasteiger partial charge is 0.283 e. The van der Waals surface area contributed by atoms with Crippen molar-refractivity contribution in [3.05, 3.63) is 123 Å². The number of rotatable bonds is 6. The predicted octanol–water partition coefficient (Wildman–Crippen LogP) is 7.10. The Bertz CT molecular complexity index is 1800. The van der Waals surface area contributed by atoms with Crippen LogP contribution in [0.1, 0.15) is 25.0 Å². The Balaban J connectivity index is 1.46. The first-order chi connectivity index (χ1) is 19.6. The molecule has 0 fully saturated rings.